The number of phenolic OH excluding ortho intramolecular Hbond substituents is 1. The summed E-state index contributed by atoms with van der Waals surface area (Å²) >= 11 is 0. The molecule has 0 bridgehead atoms. The summed E-state index contributed by atoms with van der Waals surface area (Å²) in [5.41, 5.74) is 9.72. The summed E-state index contributed by atoms with van der Waals surface area (Å²) in [6.45, 7) is 6.95. The van der Waals surface area contributed by atoms with E-state index in [2.05, 4.69) is 16.0 Å². The van der Waals surface area contributed by atoms with Crippen LogP contribution in [0, 0.1) is 13.8 Å². The van der Waals surface area contributed by atoms with Crippen LogP contribution < -0.4 is 21.7 Å². The zero-order chi connectivity index (χ0) is 24.5. The van der Waals surface area contributed by atoms with Crippen molar-refractivity contribution in [1.29, 1.82) is 0 Å². The molecule has 0 heterocycles. The molecule has 8 heteroatoms. The largest absolute Gasteiger partial charge is 0.508 e. The van der Waals surface area contributed by atoms with E-state index in [1.165, 1.54) is 6.92 Å². The Bertz CT molecular complexity index is 955. The van der Waals surface area contributed by atoms with Gasteiger partial charge in [-0.1, -0.05) is 30.3 Å². The average Bonchev–Trinajstić information content (AvgIpc) is 2.74. The van der Waals surface area contributed by atoms with Crippen LogP contribution in [-0.2, 0) is 27.2 Å². The predicted molar refractivity (Wildman–Crippen MR) is 128 cm³/mol. The molecule has 33 heavy (non-hydrogen) atoms. The summed E-state index contributed by atoms with van der Waals surface area (Å²) in [4.78, 5) is 36.6. The molecule has 3 unspecified atom stereocenters. The van der Waals surface area contributed by atoms with E-state index in [1.54, 1.807) is 19.1 Å². The smallest absolute Gasteiger partial charge is 0.242 e. The van der Waals surface area contributed by atoms with E-state index in [0.29, 0.717) is 12.8 Å². The molecule has 0 saturated carbocycles. The monoisotopic (exact) mass is 454 g/mol. The van der Waals surface area contributed by atoms with Gasteiger partial charge in [-0.3, -0.25) is 14.4 Å². The number of aromatic hydroxyl groups is 1. The predicted octanol–water partition coefficient (Wildman–Crippen LogP) is 1.25. The summed E-state index contributed by atoms with van der Waals surface area (Å²) in [6.07, 6.45) is 0.859. The summed E-state index contributed by atoms with van der Waals surface area (Å²) in [7, 11) is 0. The van der Waals surface area contributed by atoms with Gasteiger partial charge in [-0.25, -0.2) is 0 Å². The van der Waals surface area contributed by atoms with Crippen LogP contribution in [0.25, 0.3) is 0 Å². The van der Waals surface area contributed by atoms with Crippen molar-refractivity contribution in [1.82, 2.24) is 16.0 Å². The molecule has 6 N–H and O–H groups in total. The Morgan fingerprint density at radius 3 is 2.15 bits per heavy atom. The zero-order valence-electron chi connectivity index (χ0n) is 19.6. The van der Waals surface area contributed by atoms with Crippen molar-refractivity contribution in [2.45, 2.75) is 58.7 Å². The molecular formula is C25H34N4O4. The maximum atomic E-state index is 12.6. The van der Waals surface area contributed by atoms with E-state index in [1.807, 2.05) is 44.2 Å². The van der Waals surface area contributed by atoms with Crippen molar-refractivity contribution < 1.29 is 19.5 Å². The quantitative estimate of drug-likeness (QED) is 0.368. The first kappa shape index (κ1) is 25.9. The third-order valence-electron chi connectivity index (χ3n) is 5.45. The van der Waals surface area contributed by atoms with Gasteiger partial charge >= 0.3 is 0 Å². The van der Waals surface area contributed by atoms with E-state index in [-0.39, 0.29) is 30.2 Å². The molecule has 2 aromatic carbocycles. The molecule has 2 rings (SSSR count). The van der Waals surface area contributed by atoms with Crippen LogP contribution in [0.1, 0.15) is 36.1 Å². The maximum Gasteiger partial charge on any atom is 0.242 e. The molecule has 0 aliphatic rings. The Balaban J connectivity index is 1.90. The number of rotatable bonds is 10. The number of amides is 3. The van der Waals surface area contributed by atoms with Gasteiger partial charge in [0, 0.05) is 13.5 Å². The van der Waals surface area contributed by atoms with Crippen molar-refractivity contribution in [3.63, 3.8) is 0 Å². The van der Waals surface area contributed by atoms with E-state index in [0.717, 1.165) is 22.3 Å². The molecule has 0 saturated heterocycles. The van der Waals surface area contributed by atoms with Gasteiger partial charge in [0.15, 0.2) is 0 Å². The van der Waals surface area contributed by atoms with E-state index in [4.69, 9.17) is 5.73 Å². The number of aryl methyl sites for hydroxylation is 2. The highest BCUT2D eigenvalue weighted by atomic mass is 16.3. The maximum absolute atomic E-state index is 12.6. The van der Waals surface area contributed by atoms with Crippen LogP contribution in [0.5, 0.6) is 5.75 Å². The van der Waals surface area contributed by atoms with Crippen molar-refractivity contribution in [3.8, 4) is 5.75 Å². The van der Waals surface area contributed by atoms with Crippen molar-refractivity contribution >= 4 is 17.7 Å². The number of benzene rings is 2. The molecule has 8 nitrogen and oxygen atoms in total. The summed E-state index contributed by atoms with van der Waals surface area (Å²) in [6, 6.07) is 11.0. The van der Waals surface area contributed by atoms with Crippen LogP contribution in [-0.4, -0.2) is 47.5 Å². The number of carbonyl (C=O) groups excluding carboxylic acids is 3. The Kier molecular flexibility index (Phi) is 9.42. The van der Waals surface area contributed by atoms with Crippen LogP contribution in [0.3, 0.4) is 0 Å². The fraction of sp³-hybridized carbons (Fsp3) is 0.400. The molecule has 0 spiro atoms. The first-order valence-electron chi connectivity index (χ1n) is 11.0. The number of nitrogens with one attached hydrogen (secondary N) is 3. The highest BCUT2D eigenvalue weighted by molar-refractivity contribution is 5.89. The molecule has 3 atom stereocenters. The SMILES string of the molecule is CC(=O)NC(CNC(=O)C(C)NC(=O)C(N)Cc1c(C)cc(O)cc1C)Cc1ccccc1. The van der Waals surface area contributed by atoms with Gasteiger partial charge in [0.05, 0.1) is 12.1 Å². The second-order valence-electron chi connectivity index (χ2n) is 8.43. The minimum absolute atomic E-state index is 0.168. The van der Waals surface area contributed by atoms with Gasteiger partial charge in [0.2, 0.25) is 17.7 Å². The summed E-state index contributed by atoms with van der Waals surface area (Å²) in [5.74, 6) is -0.817. The topological polar surface area (TPSA) is 134 Å². The van der Waals surface area contributed by atoms with Crippen molar-refractivity contribution in [3.05, 3.63) is 64.7 Å². The summed E-state index contributed by atoms with van der Waals surface area (Å²) < 4.78 is 0. The molecular weight excluding hydrogens is 420 g/mol. The minimum atomic E-state index is -0.840. The van der Waals surface area contributed by atoms with Gasteiger partial charge in [0.1, 0.15) is 11.8 Å². The Morgan fingerprint density at radius 1 is 0.970 bits per heavy atom. The van der Waals surface area contributed by atoms with Crippen LogP contribution >= 0.6 is 0 Å². The third-order valence-corrected chi connectivity index (χ3v) is 5.45. The van der Waals surface area contributed by atoms with Crippen LogP contribution in [0.15, 0.2) is 42.5 Å². The third kappa shape index (κ3) is 8.23. The summed E-state index contributed by atoms with van der Waals surface area (Å²) in [5, 5.41) is 18.0. The number of hydrogen-bond donors (Lipinski definition) is 5. The normalized spacial score (nSPS) is 13.5. The Morgan fingerprint density at radius 2 is 1.58 bits per heavy atom. The molecule has 178 valence electrons. The van der Waals surface area contributed by atoms with Gasteiger partial charge in [0.25, 0.3) is 0 Å². The lowest BCUT2D eigenvalue weighted by molar-refractivity contribution is -0.129. The van der Waals surface area contributed by atoms with Gasteiger partial charge < -0.3 is 26.8 Å². The number of phenols is 1. The molecule has 0 aliphatic heterocycles. The van der Waals surface area contributed by atoms with Gasteiger partial charge in [-0.2, -0.15) is 0 Å². The Labute approximate surface area is 195 Å². The number of hydrogen-bond acceptors (Lipinski definition) is 5. The Hall–Kier alpha value is -3.39. The molecule has 0 fully saturated rings. The van der Waals surface area contributed by atoms with Crippen molar-refractivity contribution in [2.24, 2.45) is 5.73 Å². The second-order valence-corrected chi connectivity index (χ2v) is 8.43. The molecule has 0 aromatic heterocycles. The average molecular weight is 455 g/mol. The number of carbonyl (C=O) groups is 3. The first-order chi connectivity index (χ1) is 15.6. The highest BCUT2D eigenvalue weighted by Gasteiger charge is 2.22. The molecule has 2 aromatic rings. The lowest BCUT2D eigenvalue weighted by Crippen LogP contribution is -2.53. The van der Waals surface area contributed by atoms with E-state index in [9.17, 15) is 19.5 Å². The van der Waals surface area contributed by atoms with Gasteiger partial charge in [-0.15, -0.1) is 0 Å². The lowest BCUT2D eigenvalue weighted by Gasteiger charge is -2.22. The fourth-order valence-corrected chi connectivity index (χ4v) is 3.73. The molecule has 3 amide bonds. The zero-order valence-corrected chi connectivity index (χ0v) is 19.6. The van der Waals surface area contributed by atoms with Crippen molar-refractivity contribution in [2.75, 3.05) is 6.54 Å². The van der Waals surface area contributed by atoms with E-state index < -0.39 is 18.0 Å². The standard InChI is InChI=1S/C25H34N4O4/c1-15-10-21(31)11-16(2)22(15)13-23(26)25(33)28-17(3)24(32)27-14-20(29-18(4)30)12-19-8-6-5-7-9-19/h5-11,17,20,23,31H,12-14,26H2,1-4H3,(H,27,32)(H,28,33)(H,29,30). The lowest BCUT2D eigenvalue weighted by atomic mass is 9.96. The van der Waals surface area contributed by atoms with E-state index >= 15 is 0 Å². The highest BCUT2D eigenvalue weighted by Crippen LogP contribution is 2.21. The minimum Gasteiger partial charge on any atom is -0.508 e. The van der Waals surface area contributed by atoms with Gasteiger partial charge in [-0.05, 0) is 68.0 Å². The van der Waals surface area contributed by atoms with Crippen LogP contribution in [0.2, 0.25) is 0 Å². The first-order valence-corrected chi connectivity index (χ1v) is 11.0. The second kappa shape index (κ2) is 12.0. The fourth-order valence-electron chi connectivity index (χ4n) is 3.73. The molecule has 0 radical (unpaired) electrons. The molecule has 0 aliphatic carbocycles. The van der Waals surface area contributed by atoms with Crippen LogP contribution in [0.4, 0.5) is 0 Å². The number of nitrogens with two attached hydrogens (primary N) is 1.